The molecule has 0 saturated heterocycles. The molecule has 3 amide bonds. The average Bonchev–Trinajstić information content (AvgIpc) is 2.96. The number of hydrogen-bond donors (Lipinski definition) is 1. The van der Waals surface area contributed by atoms with Gasteiger partial charge in [-0.2, -0.15) is 5.01 Å². The fraction of sp³-hybridized carbons (Fsp3) is 0.375. The number of thioether (sulfide) groups is 1. The molecule has 2 aliphatic heterocycles. The molecule has 24 heavy (non-hydrogen) atoms. The van der Waals surface area contributed by atoms with Crippen LogP contribution in [-0.4, -0.2) is 34.9 Å². The van der Waals surface area contributed by atoms with Gasteiger partial charge >= 0.3 is 0 Å². The van der Waals surface area contributed by atoms with Crippen LogP contribution in [0.15, 0.2) is 17.2 Å². The SMILES string of the molecule is CC(=O)NC1=NN(C(C)=O)[C@@]2(S1)C(=O)N(C)c1c2ccc(C)c1C. The lowest BCUT2D eigenvalue weighted by atomic mass is 10.00. The highest BCUT2D eigenvalue weighted by molar-refractivity contribution is 8.15. The van der Waals surface area contributed by atoms with Gasteiger partial charge < -0.3 is 10.2 Å². The molecule has 0 aliphatic carbocycles. The van der Waals surface area contributed by atoms with Crippen LogP contribution in [0.25, 0.3) is 0 Å². The number of amidine groups is 1. The number of nitrogens with one attached hydrogen (secondary N) is 1. The van der Waals surface area contributed by atoms with E-state index < -0.39 is 4.87 Å². The zero-order valence-electron chi connectivity index (χ0n) is 14.1. The predicted octanol–water partition coefficient (Wildman–Crippen LogP) is 1.44. The van der Waals surface area contributed by atoms with E-state index in [4.69, 9.17) is 0 Å². The molecule has 7 nitrogen and oxygen atoms in total. The van der Waals surface area contributed by atoms with E-state index in [1.54, 1.807) is 11.9 Å². The molecule has 2 heterocycles. The van der Waals surface area contributed by atoms with E-state index in [-0.39, 0.29) is 22.9 Å². The molecule has 0 unspecified atom stereocenters. The molecule has 0 aromatic heterocycles. The monoisotopic (exact) mass is 346 g/mol. The van der Waals surface area contributed by atoms with Crippen molar-refractivity contribution in [2.75, 3.05) is 11.9 Å². The van der Waals surface area contributed by atoms with Crippen LogP contribution in [-0.2, 0) is 19.3 Å². The first-order chi connectivity index (χ1) is 11.2. The number of benzene rings is 1. The molecular weight excluding hydrogens is 328 g/mol. The van der Waals surface area contributed by atoms with E-state index >= 15 is 0 Å². The van der Waals surface area contributed by atoms with Gasteiger partial charge in [-0.25, -0.2) is 0 Å². The zero-order valence-corrected chi connectivity index (χ0v) is 14.9. The minimum Gasteiger partial charge on any atom is -0.312 e. The first kappa shape index (κ1) is 16.5. The van der Waals surface area contributed by atoms with Crippen LogP contribution < -0.4 is 10.2 Å². The highest BCUT2D eigenvalue weighted by Crippen LogP contribution is 2.55. The smallest absolute Gasteiger partial charge is 0.270 e. The van der Waals surface area contributed by atoms with Gasteiger partial charge in [0.1, 0.15) is 0 Å². The summed E-state index contributed by atoms with van der Waals surface area (Å²) in [6.45, 7) is 6.64. The van der Waals surface area contributed by atoms with E-state index in [1.165, 1.54) is 18.9 Å². The van der Waals surface area contributed by atoms with Crippen molar-refractivity contribution < 1.29 is 14.4 Å². The summed E-state index contributed by atoms with van der Waals surface area (Å²) >= 11 is 1.09. The number of fused-ring (bicyclic) bond motifs is 2. The minimum absolute atomic E-state index is 0.241. The topological polar surface area (TPSA) is 82.1 Å². The molecule has 2 aliphatic rings. The molecule has 0 saturated carbocycles. The zero-order chi connectivity index (χ0) is 17.8. The van der Waals surface area contributed by atoms with Crippen molar-refractivity contribution in [2.45, 2.75) is 32.6 Å². The number of hydrazone groups is 1. The molecule has 1 aromatic rings. The summed E-state index contributed by atoms with van der Waals surface area (Å²) in [7, 11) is 1.69. The van der Waals surface area contributed by atoms with E-state index in [0.29, 0.717) is 5.56 Å². The van der Waals surface area contributed by atoms with Crippen LogP contribution in [0, 0.1) is 13.8 Å². The Labute approximate surface area is 144 Å². The molecule has 0 bridgehead atoms. The first-order valence-electron chi connectivity index (χ1n) is 7.45. The number of nitrogens with zero attached hydrogens (tertiary/aromatic N) is 3. The van der Waals surface area contributed by atoms with E-state index in [9.17, 15) is 14.4 Å². The van der Waals surface area contributed by atoms with Gasteiger partial charge in [0.25, 0.3) is 5.91 Å². The largest absolute Gasteiger partial charge is 0.312 e. The van der Waals surface area contributed by atoms with Crippen LogP contribution in [0.5, 0.6) is 0 Å². The van der Waals surface area contributed by atoms with Gasteiger partial charge in [0.2, 0.25) is 16.7 Å². The second-order valence-electron chi connectivity index (χ2n) is 5.93. The maximum atomic E-state index is 13.1. The Kier molecular flexibility index (Phi) is 3.67. The molecule has 1 N–H and O–H groups in total. The van der Waals surface area contributed by atoms with Crippen LogP contribution >= 0.6 is 11.8 Å². The van der Waals surface area contributed by atoms with Gasteiger partial charge in [-0.1, -0.05) is 12.1 Å². The lowest BCUT2D eigenvalue weighted by Gasteiger charge is -2.29. The number of anilines is 1. The number of amides is 3. The number of carbonyl (C=O) groups is 3. The number of hydrogen-bond acceptors (Lipinski definition) is 5. The number of aryl methyl sites for hydroxylation is 1. The second kappa shape index (κ2) is 5.34. The molecule has 1 spiro atoms. The standard InChI is InChI=1S/C16H18N4O3S/c1-8-6-7-12-13(9(8)2)19(5)14(23)16(12)20(11(4)22)18-15(24-16)17-10(3)21/h6-7H,1-5H3,(H,17,18,21)/t16-/m0/s1. The fourth-order valence-electron chi connectivity index (χ4n) is 3.11. The second-order valence-corrected chi connectivity index (χ2v) is 7.11. The van der Waals surface area contributed by atoms with Crippen molar-refractivity contribution in [1.29, 1.82) is 0 Å². The summed E-state index contributed by atoms with van der Waals surface area (Å²) in [5.41, 5.74) is 3.54. The summed E-state index contributed by atoms with van der Waals surface area (Å²) in [5.74, 6) is -0.924. The molecule has 1 atom stereocenters. The fourth-order valence-corrected chi connectivity index (χ4v) is 4.46. The normalized spacial score (nSPS) is 22.0. The Hall–Kier alpha value is -2.35. The highest BCUT2D eigenvalue weighted by Gasteiger charge is 2.60. The van der Waals surface area contributed by atoms with Gasteiger partial charge in [-0.3, -0.25) is 14.4 Å². The van der Waals surface area contributed by atoms with Crippen molar-refractivity contribution in [3.05, 3.63) is 28.8 Å². The number of likely N-dealkylation sites (N-methyl/N-ethyl adjacent to an activating group) is 1. The van der Waals surface area contributed by atoms with Crippen LogP contribution in [0.4, 0.5) is 5.69 Å². The summed E-state index contributed by atoms with van der Waals surface area (Å²) < 4.78 is 0. The molecule has 126 valence electrons. The Morgan fingerprint density at radius 2 is 1.92 bits per heavy atom. The lowest BCUT2D eigenvalue weighted by Crippen LogP contribution is -2.47. The van der Waals surface area contributed by atoms with Crippen molar-refractivity contribution in [1.82, 2.24) is 10.3 Å². The summed E-state index contributed by atoms with van der Waals surface area (Å²) in [4.78, 5) is 36.9. The van der Waals surface area contributed by atoms with Gasteiger partial charge in [-0.05, 0) is 36.7 Å². The van der Waals surface area contributed by atoms with Crippen LogP contribution in [0.2, 0.25) is 0 Å². The molecule has 8 heteroatoms. The number of carbonyl (C=O) groups excluding carboxylic acids is 3. The molecule has 0 radical (unpaired) electrons. The van der Waals surface area contributed by atoms with Crippen molar-refractivity contribution >= 4 is 40.3 Å². The van der Waals surface area contributed by atoms with E-state index in [1.807, 2.05) is 26.0 Å². The van der Waals surface area contributed by atoms with Gasteiger partial charge in [0, 0.05) is 26.5 Å². The Bertz CT molecular complexity index is 820. The molecular formula is C16H18N4O3S. The Morgan fingerprint density at radius 1 is 1.25 bits per heavy atom. The Balaban J connectivity index is 2.21. The van der Waals surface area contributed by atoms with Crippen LogP contribution in [0.3, 0.4) is 0 Å². The molecule has 1 aromatic carbocycles. The van der Waals surface area contributed by atoms with Crippen LogP contribution in [0.1, 0.15) is 30.5 Å². The third kappa shape index (κ3) is 2.06. The van der Waals surface area contributed by atoms with E-state index in [0.717, 1.165) is 28.6 Å². The van der Waals surface area contributed by atoms with Crippen molar-refractivity contribution in [3.8, 4) is 0 Å². The third-order valence-corrected chi connectivity index (χ3v) is 5.55. The lowest BCUT2D eigenvalue weighted by molar-refractivity contribution is -0.139. The summed E-state index contributed by atoms with van der Waals surface area (Å²) in [6.07, 6.45) is 0. The van der Waals surface area contributed by atoms with Gasteiger partial charge in [-0.15, -0.1) is 5.10 Å². The molecule has 0 fully saturated rings. The van der Waals surface area contributed by atoms with Crippen molar-refractivity contribution in [2.24, 2.45) is 5.10 Å². The predicted molar refractivity (Wildman–Crippen MR) is 92.4 cm³/mol. The summed E-state index contributed by atoms with van der Waals surface area (Å²) in [6, 6.07) is 3.78. The third-order valence-electron chi connectivity index (χ3n) is 4.31. The molecule has 3 rings (SSSR count). The minimum atomic E-state index is -1.30. The van der Waals surface area contributed by atoms with Gasteiger partial charge in [0.05, 0.1) is 5.69 Å². The highest BCUT2D eigenvalue weighted by atomic mass is 32.2. The van der Waals surface area contributed by atoms with E-state index in [2.05, 4.69) is 10.4 Å². The first-order valence-corrected chi connectivity index (χ1v) is 8.26. The van der Waals surface area contributed by atoms with Gasteiger partial charge in [0.15, 0.2) is 5.17 Å². The number of rotatable bonds is 0. The van der Waals surface area contributed by atoms with Crippen molar-refractivity contribution in [3.63, 3.8) is 0 Å². The maximum absolute atomic E-state index is 13.1. The maximum Gasteiger partial charge on any atom is 0.270 e. The summed E-state index contributed by atoms with van der Waals surface area (Å²) in [5, 5.41) is 8.17. The quantitative estimate of drug-likeness (QED) is 0.770. The average molecular weight is 346 g/mol. The Morgan fingerprint density at radius 3 is 2.50 bits per heavy atom.